The fourth-order valence-corrected chi connectivity index (χ4v) is 3.74. The van der Waals surface area contributed by atoms with Crippen LogP contribution in [0.25, 0.3) is 16.9 Å². The van der Waals surface area contributed by atoms with Crippen LogP contribution in [0.15, 0.2) is 42.6 Å². The first-order valence-electron chi connectivity index (χ1n) is 9.99. The summed E-state index contributed by atoms with van der Waals surface area (Å²) in [5, 5.41) is 0. The Hall–Kier alpha value is -3.15. The van der Waals surface area contributed by atoms with E-state index in [0.29, 0.717) is 26.1 Å². The highest BCUT2D eigenvalue weighted by molar-refractivity contribution is 5.83. The second-order valence-corrected chi connectivity index (χ2v) is 7.83. The molecule has 0 unspecified atom stereocenters. The molecule has 2 aromatic heterocycles. The van der Waals surface area contributed by atoms with Crippen LogP contribution < -0.4 is 0 Å². The van der Waals surface area contributed by atoms with Crippen LogP contribution in [0.1, 0.15) is 23.2 Å². The average Bonchev–Trinajstić information content (AvgIpc) is 2.95. The molecule has 0 saturated carbocycles. The molecule has 0 N–H and O–H groups in total. The second kappa shape index (κ2) is 7.70. The molecule has 1 aliphatic heterocycles. The molecule has 3 aromatic rings. The maximum absolute atomic E-state index is 13.2. The number of carbonyl (C=O) groups excluding carboxylic acids is 2. The van der Waals surface area contributed by atoms with Crippen molar-refractivity contribution in [2.24, 2.45) is 0 Å². The van der Waals surface area contributed by atoms with Gasteiger partial charge in [-0.1, -0.05) is 35.9 Å². The summed E-state index contributed by atoms with van der Waals surface area (Å²) in [5.41, 5.74) is 5.86. The van der Waals surface area contributed by atoms with E-state index >= 15 is 0 Å². The van der Waals surface area contributed by atoms with E-state index in [-0.39, 0.29) is 18.2 Å². The normalized spacial score (nSPS) is 15.1. The van der Waals surface area contributed by atoms with Gasteiger partial charge < -0.3 is 14.2 Å². The molecule has 4 rings (SSSR count). The van der Waals surface area contributed by atoms with Crippen LogP contribution in [-0.2, 0) is 16.0 Å². The van der Waals surface area contributed by atoms with Gasteiger partial charge in [-0.15, -0.1) is 0 Å². The molecular formula is C23H26N4O2. The van der Waals surface area contributed by atoms with Gasteiger partial charge in [0.25, 0.3) is 0 Å². The Bertz CT molecular complexity index is 1070. The van der Waals surface area contributed by atoms with Crippen LogP contribution in [0.3, 0.4) is 0 Å². The number of hydrogen-bond acceptors (Lipinski definition) is 3. The molecule has 0 bridgehead atoms. The molecule has 1 fully saturated rings. The standard InChI is InChI=1S/C23H26N4O2/c1-16-4-7-18(8-5-16)23-19(27-15-17(2)6-9-20(27)24-23)14-22(29)26-11-10-21(28)25(3)12-13-26/h4-9,15H,10-14H2,1-3H3. The summed E-state index contributed by atoms with van der Waals surface area (Å²) < 4.78 is 2.03. The zero-order chi connectivity index (χ0) is 20.5. The van der Waals surface area contributed by atoms with Crippen molar-refractivity contribution >= 4 is 17.5 Å². The quantitative estimate of drug-likeness (QED) is 0.691. The van der Waals surface area contributed by atoms with Crippen molar-refractivity contribution in [1.82, 2.24) is 19.2 Å². The van der Waals surface area contributed by atoms with Gasteiger partial charge in [-0.05, 0) is 25.5 Å². The number of aromatic nitrogens is 2. The smallest absolute Gasteiger partial charge is 0.228 e. The zero-order valence-corrected chi connectivity index (χ0v) is 17.2. The van der Waals surface area contributed by atoms with E-state index in [1.54, 1.807) is 16.8 Å². The number of carbonyl (C=O) groups is 2. The number of aryl methyl sites for hydroxylation is 2. The van der Waals surface area contributed by atoms with E-state index in [1.807, 2.05) is 29.7 Å². The Labute approximate surface area is 170 Å². The number of rotatable bonds is 3. The lowest BCUT2D eigenvalue weighted by atomic mass is 10.1. The van der Waals surface area contributed by atoms with Crippen molar-refractivity contribution < 1.29 is 9.59 Å². The van der Waals surface area contributed by atoms with Gasteiger partial charge in [0.05, 0.1) is 17.8 Å². The van der Waals surface area contributed by atoms with Gasteiger partial charge in [-0.2, -0.15) is 0 Å². The third-order valence-corrected chi connectivity index (χ3v) is 5.59. The van der Waals surface area contributed by atoms with Gasteiger partial charge in [0.1, 0.15) is 5.65 Å². The Morgan fingerprint density at radius 2 is 1.72 bits per heavy atom. The molecule has 1 aliphatic rings. The molecule has 6 nitrogen and oxygen atoms in total. The Morgan fingerprint density at radius 3 is 2.48 bits per heavy atom. The van der Waals surface area contributed by atoms with Crippen LogP contribution in [-0.4, -0.2) is 57.7 Å². The van der Waals surface area contributed by atoms with Crippen LogP contribution in [0.5, 0.6) is 0 Å². The molecule has 0 atom stereocenters. The summed E-state index contributed by atoms with van der Waals surface area (Å²) in [6, 6.07) is 12.2. The molecular weight excluding hydrogens is 364 g/mol. The Balaban J connectivity index is 1.70. The highest BCUT2D eigenvalue weighted by atomic mass is 16.2. The Morgan fingerprint density at radius 1 is 1.00 bits per heavy atom. The molecule has 1 aromatic carbocycles. The SMILES string of the molecule is Cc1ccc(-c2nc3ccc(C)cn3c2CC(=O)N2CCC(=O)N(C)CC2)cc1. The monoisotopic (exact) mass is 390 g/mol. The minimum absolute atomic E-state index is 0.0322. The first kappa shape index (κ1) is 19.2. The van der Waals surface area contributed by atoms with Gasteiger partial charge in [0, 0.05) is 44.9 Å². The summed E-state index contributed by atoms with van der Waals surface area (Å²) in [6.07, 6.45) is 2.66. The van der Waals surface area contributed by atoms with Crippen LogP contribution in [0, 0.1) is 13.8 Å². The number of amides is 2. The molecule has 6 heteroatoms. The van der Waals surface area contributed by atoms with E-state index in [1.165, 1.54) is 5.56 Å². The Kier molecular flexibility index (Phi) is 5.09. The lowest BCUT2D eigenvalue weighted by Crippen LogP contribution is -2.35. The minimum atomic E-state index is 0.0322. The highest BCUT2D eigenvalue weighted by Crippen LogP contribution is 2.26. The zero-order valence-electron chi connectivity index (χ0n) is 17.2. The predicted octanol–water partition coefficient (Wildman–Crippen LogP) is 2.85. The van der Waals surface area contributed by atoms with E-state index in [2.05, 4.69) is 31.2 Å². The number of hydrogen-bond donors (Lipinski definition) is 0. The van der Waals surface area contributed by atoms with Crippen molar-refractivity contribution in [3.63, 3.8) is 0 Å². The van der Waals surface area contributed by atoms with Crippen molar-refractivity contribution in [3.8, 4) is 11.3 Å². The number of fused-ring (bicyclic) bond motifs is 1. The summed E-state index contributed by atoms with van der Waals surface area (Å²) >= 11 is 0. The van der Waals surface area contributed by atoms with Gasteiger partial charge in [-0.3, -0.25) is 9.59 Å². The van der Waals surface area contributed by atoms with E-state index in [4.69, 9.17) is 4.98 Å². The number of pyridine rings is 1. The van der Waals surface area contributed by atoms with Crippen LogP contribution >= 0.6 is 0 Å². The second-order valence-electron chi connectivity index (χ2n) is 7.83. The first-order valence-corrected chi connectivity index (χ1v) is 9.99. The maximum Gasteiger partial charge on any atom is 0.228 e. The fraction of sp³-hybridized carbons (Fsp3) is 0.348. The molecule has 29 heavy (non-hydrogen) atoms. The molecule has 0 spiro atoms. The molecule has 2 amide bonds. The highest BCUT2D eigenvalue weighted by Gasteiger charge is 2.24. The summed E-state index contributed by atoms with van der Waals surface area (Å²) in [7, 11) is 1.79. The fourth-order valence-electron chi connectivity index (χ4n) is 3.74. The third kappa shape index (κ3) is 3.88. The summed E-state index contributed by atoms with van der Waals surface area (Å²) in [6.45, 7) is 5.70. The largest absolute Gasteiger partial charge is 0.344 e. The molecule has 0 aliphatic carbocycles. The summed E-state index contributed by atoms with van der Waals surface area (Å²) in [4.78, 5) is 33.4. The molecule has 150 valence electrons. The van der Waals surface area contributed by atoms with Crippen LogP contribution in [0.4, 0.5) is 0 Å². The van der Waals surface area contributed by atoms with Crippen molar-refractivity contribution in [2.45, 2.75) is 26.7 Å². The lowest BCUT2D eigenvalue weighted by molar-refractivity contribution is -0.130. The predicted molar refractivity (Wildman–Crippen MR) is 113 cm³/mol. The van der Waals surface area contributed by atoms with E-state index in [9.17, 15) is 9.59 Å². The minimum Gasteiger partial charge on any atom is -0.344 e. The van der Waals surface area contributed by atoms with E-state index < -0.39 is 0 Å². The average molecular weight is 390 g/mol. The number of nitrogens with zero attached hydrogens (tertiary/aromatic N) is 4. The van der Waals surface area contributed by atoms with Crippen molar-refractivity contribution in [2.75, 3.05) is 26.7 Å². The summed E-state index contributed by atoms with van der Waals surface area (Å²) in [5.74, 6) is 0.121. The lowest BCUT2D eigenvalue weighted by Gasteiger charge is -2.20. The van der Waals surface area contributed by atoms with Crippen LogP contribution in [0.2, 0.25) is 0 Å². The number of imidazole rings is 1. The van der Waals surface area contributed by atoms with Crippen molar-refractivity contribution in [3.05, 3.63) is 59.4 Å². The topological polar surface area (TPSA) is 57.9 Å². The maximum atomic E-state index is 13.2. The first-order chi connectivity index (χ1) is 13.9. The van der Waals surface area contributed by atoms with E-state index in [0.717, 1.165) is 28.2 Å². The van der Waals surface area contributed by atoms with Gasteiger partial charge >= 0.3 is 0 Å². The molecule has 3 heterocycles. The van der Waals surface area contributed by atoms with Gasteiger partial charge in [-0.25, -0.2) is 4.98 Å². The van der Waals surface area contributed by atoms with Gasteiger partial charge in [0.2, 0.25) is 11.8 Å². The number of likely N-dealkylation sites (N-methyl/N-ethyl adjacent to an activating group) is 1. The number of benzene rings is 1. The molecule has 1 saturated heterocycles. The van der Waals surface area contributed by atoms with Gasteiger partial charge in [0.15, 0.2) is 0 Å². The van der Waals surface area contributed by atoms with Crippen molar-refractivity contribution in [1.29, 1.82) is 0 Å². The molecule has 0 radical (unpaired) electrons. The third-order valence-electron chi connectivity index (χ3n) is 5.59.